The van der Waals surface area contributed by atoms with E-state index in [0.717, 1.165) is 15.6 Å². The minimum atomic E-state index is -3.03. The summed E-state index contributed by atoms with van der Waals surface area (Å²) < 4.78 is 23.1. The molecule has 1 aromatic heterocycles. The molecule has 0 aliphatic rings. The highest BCUT2D eigenvalue weighted by atomic mass is 35.5. The molecule has 17 heavy (non-hydrogen) atoms. The normalized spacial score (nSPS) is 12.2. The Morgan fingerprint density at radius 3 is 2.71 bits per heavy atom. The Bertz CT molecular complexity index is 573. The lowest BCUT2D eigenvalue weighted by Crippen LogP contribution is -1.92. The van der Waals surface area contributed by atoms with Crippen LogP contribution in [0.15, 0.2) is 23.6 Å². The number of rotatable bonds is 4. The summed E-state index contributed by atoms with van der Waals surface area (Å²) in [6, 6.07) is 5.67. The minimum Gasteiger partial charge on any atom is -0.312 e. The predicted octanol–water partition coefficient (Wildman–Crippen LogP) is 4.54. The predicted molar refractivity (Wildman–Crippen MR) is 72.2 cm³/mol. The van der Waals surface area contributed by atoms with Gasteiger partial charge >= 0.3 is 7.60 Å². The Labute approximate surface area is 109 Å². The van der Waals surface area contributed by atoms with Gasteiger partial charge in [0, 0.05) is 23.9 Å². The van der Waals surface area contributed by atoms with Crippen LogP contribution in [0.3, 0.4) is 0 Å². The molecule has 1 heterocycles. The molecule has 2 rings (SSSR count). The lowest BCUT2D eigenvalue weighted by Gasteiger charge is -2.12. The summed E-state index contributed by atoms with van der Waals surface area (Å²) in [6.07, 6.45) is 0.264. The van der Waals surface area contributed by atoms with E-state index in [1.807, 2.05) is 23.6 Å². The number of fused-ring (bicyclic) bond motifs is 1. The summed E-state index contributed by atoms with van der Waals surface area (Å²) >= 11 is 7.55. The van der Waals surface area contributed by atoms with E-state index in [1.54, 1.807) is 11.3 Å². The van der Waals surface area contributed by atoms with E-state index in [4.69, 9.17) is 20.6 Å². The molecule has 3 nitrogen and oxygen atoms in total. The molecule has 2 aromatic rings. The van der Waals surface area contributed by atoms with Crippen LogP contribution in [0.4, 0.5) is 0 Å². The van der Waals surface area contributed by atoms with Crippen LogP contribution < -0.4 is 0 Å². The molecule has 0 atom stereocenters. The van der Waals surface area contributed by atoms with Gasteiger partial charge in [0.05, 0.1) is 6.16 Å². The Balaban J connectivity index is 2.43. The number of halogens is 1. The molecule has 92 valence electrons. The van der Waals surface area contributed by atoms with Crippen LogP contribution in [0.25, 0.3) is 10.1 Å². The molecule has 0 spiro atoms. The van der Waals surface area contributed by atoms with E-state index >= 15 is 0 Å². The van der Waals surface area contributed by atoms with Gasteiger partial charge in [0.1, 0.15) is 0 Å². The van der Waals surface area contributed by atoms with Crippen molar-refractivity contribution in [2.24, 2.45) is 0 Å². The van der Waals surface area contributed by atoms with Gasteiger partial charge in [-0.05, 0) is 34.5 Å². The Kier molecular flexibility index (Phi) is 3.91. The first kappa shape index (κ1) is 13.1. The quantitative estimate of drug-likeness (QED) is 0.776. The molecule has 0 amide bonds. The molecule has 6 heteroatoms. The SMILES string of the molecule is COP(=O)(Cc1csc2ccc(Cl)cc12)OC. The van der Waals surface area contributed by atoms with E-state index < -0.39 is 7.60 Å². The van der Waals surface area contributed by atoms with Gasteiger partial charge in [0.2, 0.25) is 0 Å². The van der Waals surface area contributed by atoms with Gasteiger partial charge in [-0.15, -0.1) is 11.3 Å². The minimum absolute atomic E-state index is 0.264. The van der Waals surface area contributed by atoms with Crippen LogP contribution in [0.2, 0.25) is 5.02 Å². The van der Waals surface area contributed by atoms with Crippen molar-refractivity contribution in [1.29, 1.82) is 0 Å². The maximum absolute atomic E-state index is 12.1. The summed E-state index contributed by atoms with van der Waals surface area (Å²) in [7, 11) is -0.236. The fourth-order valence-electron chi connectivity index (χ4n) is 1.59. The molecule has 1 aromatic carbocycles. The molecule has 0 bridgehead atoms. The molecular weight excluding hydrogens is 279 g/mol. The van der Waals surface area contributed by atoms with Crippen LogP contribution in [-0.2, 0) is 19.8 Å². The number of thiophene rings is 1. The second-order valence-corrected chi connectivity index (χ2v) is 7.15. The van der Waals surface area contributed by atoms with E-state index in [9.17, 15) is 4.57 Å². The zero-order valence-electron chi connectivity index (χ0n) is 9.47. The zero-order chi connectivity index (χ0) is 12.5. The van der Waals surface area contributed by atoms with Crippen LogP contribution in [0.5, 0.6) is 0 Å². The average Bonchev–Trinajstić information content (AvgIpc) is 2.72. The molecule has 0 radical (unpaired) electrons. The molecular formula is C11H12ClO3PS. The fraction of sp³-hybridized carbons (Fsp3) is 0.273. The van der Waals surface area contributed by atoms with Crippen molar-refractivity contribution < 1.29 is 13.6 Å². The molecule has 0 unspecified atom stereocenters. The summed E-state index contributed by atoms with van der Waals surface area (Å²) in [4.78, 5) is 0. The second kappa shape index (κ2) is 5.09. The maximum atomic E-state index is 12.1. The van der Waals surface area contributed by atoms with Crippen molar-refractivity contribution in [3.63, 3.8) is 0 Å². The monoisotopic (exact) mass is 290 g/mol. The topological polar surface area (TPSA) is 35.5 Å². The van der Waals surface area contributed by atoms with E-state index in [1.165, 1.54) is 14.2 Å². The van der Waals surface area contributed by atoms with Crippen LogP contribution >= 0.6 is 30.5 Å². The third kappa shape index (κ3) is 2.72. The first-order chi connectivity index (χ1) is 8.08. The highest BCUT2D eigenvalue weighted by Crippen LogP contribution is 2.51. The van der Waals surface area contributed by atoms with Crippen LogP contribution in [0.1, 0.15) is 5.56 Å². The fourth-order valence-corrected chi connectivity index (χ4v) is 3.91. The first-order valence-electron chi connectivity index (χ1n) is 4.94. The summed E-state index contributed by atoms with van der Waals surface area (Å²) in [5.41, 5.74) is 0.944. The van der Waals surface area contributed by atoms with E-state index in [-0.39, 0.29) is 6.16 Å². The van der Waals surface area contributed by atoms with Crippen LogP contribution in [0, 0.1) is 0 Å². The number of hydrogen-bond acceptors (Lipinski definition) is 4. The standard InChI is InChI=1S/C11H12ClO3PS/c1-14-16(13,15-2)6-8-7-17-11-4-3-9(12)5-10(8)11/h3-5,7H,6H2,1-2H3. The largest absolute Gasteiger partial charge is 0.334 e. The summed E-state index contributed by atoms with van der Waals surface area (Å²) in [6.45, 7) is 0. The molecule has 0 aliphatic carbocycles. The molecule has 0 saturated carbocycles. The number of benzene rings is 1. The lowest BCUT2D eigenvalue weighted by atomic mass is 10.2. The van der Waals surface area contributed by atoms with Crippen molar-refractivity contribution in [2.75, 3.05) is 14.2 Å². The molecule has 0 saturated heterocycles. The average molecular weight is 291 g/mol. The van der Waals surface area contributed by atoms with Gasteiger partial charge in [-0.2, -0.15) is 0 Å². The Morgan fingerprint density at radius 1 is 1.35 bits per heavy atom. The lowest BCUT2D eigenvalue weighted by molar-refractivity contribution is 0.275. The van der Waals surface area contributed by atoms with Crippen LogP contribution in [-0.4, -0.2) is 14.2 Å². The van der Waals surface area contributed by atoms with E-state index in [2.05, 4.69) is 0 Å². The van der Waals surface area contributed by atoms with Gasteiger partial charge < -0.3 is 9.05 Å². The van der Waals surface area contributed by atoms with Crippen molar-refractivity contribution in [3.05, 3.63) is 34.2 Å². The summed E-state index contributed by atoms with van der Waals surface area (Å²) in [5.74, 6) is 0. The molecule has 0 aliphatic heterocycles. The van der Waals surface area contributed by atoms with Gasteiger partial charge in [0.15, 0.2) is 0 Å². The molecule has 0 N–H and O–H groups in total. The zero-order valence-corrected chi connectivity index (χ0v) is 11.9. The van der Waals surface area contributed by atoms with Crippen molar-refractivity contribution in [2.45, 2.75) is 6.16 Å². The Hall–Kier alpha value is -0.380. The first-order valence-corrected chi connectivity index (χ1v) is 7.93. The maximum Gasteiger partial charge on any atom is 0.334 e. The second-order valence-electron chi connectivity index (χ2n) is 3.54. The third-order valence-corrected chi connectivity index (χ3v) is 5.62. The Morgan fingerprint density at radius 2 is 2.06 bits per heavy atom. The van der Waals surface area contributed by atoms with Gasteiger partial charge in [-0.1, -0.05) is 11.6 Å². The molecule has 0 fully saturated rings. The van der Waals surface area contributed by atoms with Crippen molar-refractivity contribution >= 4 is 40.6 Å². The summed E-state index contributed by atoms with van der Waals surface area (Å²) in [5, 5.41) is 3.64. The highest BCUT2D eigenvalue weighted by molar-refractivity contribution is 7.53. The third-order valence-electron chi connectivity index (χ3n) is 2.54. The highest BCUT2D eigenvalue weighted by Gasteiger charge is 2.23. The van der Waals surface area contributed by atoms with Gasteiger partial charge in [-0.3, -0.25) is 4.57 Å². The van der Waals surface area contributed by atoms with Gasteiger partial charge in [0.25, 0.3) is 0 Å². The number of hydrogen-bond donors (Lipinski definition) is 0. The smallest absolute Gasteiger partial charge is 0.312 e. The van der Waals surface area contributed by atoms with E-state index in [0.29, 0.717) is 5.02 Å². The van der Waals surface area contributed by atoms with Crippen molar-refractivity contribution in [1.82, 2.24) is 0 Å². The van der Waals surface area contributed by atoms with Gasteiger partial charge in [-0.25, -0.2) is 0 Å². The van der Waals surface area contributed by atoms with Crippen molar-refractivity contribution in [3.8, 4) is 0 Å².